The van der Waals surface area contributed by atoms with Crippen LogP contribution in [0.4, 0.5) is 0 Å². The Balaban J connectivity index is 1.74. The molecule has 1 saturated carbocycles. The summed E-state index contributed by atoms with van der Waals surface area (Å²) in [4.78, 5) is 15.7. The smallest absolute Gasteiger partial charge is 0.276 e. The van der Waals surface area contributed by atoms with Crippen molar-refractivity contribution >= 4 is 17.2 Å². The minimum atomic E-state index is -0.0378. The van der Waals surface area contributed by atoms with Crippen molar-refractivity contribution in [2.45, 2.75) is 32.0 Å². The fourth-order valence-corrected chi connectivity index (χ4v) is 2.81. The first-order chi connectivity index (χ1) is 9.78. The summed E-state index contributed by atoms with van der Waals surface area (Å²) in [7, 11) is 0. The van der Waals surface area contributed by atoms with Crippen molar-refractivity contribution < 1.29 is 4.79 Å². The highest BCUT2D eigenvalue weighted by Gasteiger charge is 2.34. The minimum Gasteiger partial charge on any atom is -0.329 e. The van der Waals surface area contributed by atoms with E-state index in [9.17, 15) is 4.79 Å². The first-order valence-electron chi connectivity index (χ1n) is 6.71. The Labute approximate surface area is 121 Å². The lowest BCUT2D eigenvalue weighted by Crippen LogP contribution is -2.32. The van der Waals surface area contributed by atoms with Gasteiger partial charge < -0.3 is 10.6 Å². The van der Waals surface area contributed by atoms with E-state index in [2.05, 4.69) is 16.4 Å². The molecule has 0 unspecified atom stereocenters. The second-order valence-corrected chi connectivity index (χ2v) is 5.93. The monoisotopic (exact) mass is 291 g/mol. The molecule has 0 radical (unpaired) electrons. The molecule has 0 spiro atoms. The molecule has 0 aliphatic heterocycles. The third kappa shape index (κ3) is 2.88. The highest BCUT2D eigenvalue weighted by molar-refractivity contribution is 7.09. The molecule has 2 N–H and O–H groups in total. The SMILES string of the molecule is NCCn1cc(C(=O)N(Cc2cccs2)C2CC2)nn1. The van der Waals surface area contributed by atoms with Gasteiger partial charge in [-0.15, -0.1) is 16.4 Å². The Bertz CT molecular complexity index is 575. The second-order valence-electron chi connectivity index (χ2n) is 4.90. The van der Waals surface area contributed by atoms with E-state index in [4.69, 9.17) is 5.73 Å². The normalized spacial score (nSPS) is 14.4. The number of thiophene rings is 1. The summed E-state index contributed by atoms with van der Waals surface area (Å²) in [6.07, 6.45) is 3.83. The number of hydrogen-bond acceptors (Lipinski definition) is 5. The quantitative estimate of drug-likeness (QED) is 0.864. The summed E-state index contributed by atoms with van der Waals surface area (Å²) < 4.78 is 1.61. The van der Waals surface area contributed by atoms with Crippen LogP contribution in [-0.2, 0) is 13.1 Å². The predicted octanol–water partition coefficient (Wildman–Crippen LogP) is 1.10. The summed E-state index contributed by atoms with van der Waals surface area (Å²) in [5, 5.41) is 9.92. The molecule has 1 aliphatic rings. The highest BCUT2D eigenvalue weighted by atomic mass is 32.1. The molecule has 0 saturated heterocycles. The molecule has 1 fully saturated rings. The van der Waals surface area contributed by atoms with E-state index in [0.29, 0.717) is 31.4 Å². The molecule has 1 aliphatic carbocycles. The standard InChI is InChI=1S/C13H17N5OS/c14-5-6-17-9-12(15-16-17)13(19)18(10-3-4-10)8-11-2-1-7-20-11/h1-2,7,9-10H,3-6,8,14H2. The summed E-state index contributed by atoms with van der Waals surface area (Å²) >= 11 is 1.67. The van der Waals surface area contributed by atoms with Crippen molar-refractivity contribution in [3.8, 4) is 0 Å². The fraction of sp³-hybridized carbons (Fsp3) is 0.462. The number of amides is 1. The largest absolute Gasteiger partial charge is 0.329 e. The third-order valence-corrected chi connectivity index (χ3v) is 4.13. The van der Waals surface area contributed by atoms with E-state index >= 15 is 0 Å². The zero-order valence-corrected chi connectivity index (χ0v) is 11.9. The molecule has 106 valence electrons. The van der Waals surface area contributed by atoms with Crippen LogP contribution in [0.5, 0.6) is 0 Å². The van der Waals surface area contributed by atoms with Gasteiger partial charge in [0.05, 0.1) is 19.3 Å². The summed E-state index contributed by atoms with van der Waals surface area (Å²) in [6, 6.07) is 4.41. The van der Waals surface area contributed by atoms with Crippen molar-refractivity contribution in [2.75, 3.05) is 6.54 Å². The molecule has 3 rings (SSSR count). The van der Waals surface area contributed by atoms with Crippen LogP contribution in [0.15, 0.2) is 23.7 Å². The molecular formula is C13H17N5OS. The van der Waals surface area contributed by atoms with E-state index in [0.717, 1.165) is 12.8 Å². The maximum Gasteiger partial charge on any atom is 0.276 e. The lowest BCUT2D eigenvalue weighted by atomic mass is 10.3. The van der Waals surface area contributed by atoms with Crippen LogP contribution < -0.4 is 5.73 Å². The van der Waals surface area contributed by atoms with Gasteiger partial charge in [-0.1, -0.05) is 11.3 Å². The zero-order chi connectivity index (χ0) is 13.9. The minimum absolute atomic E-state index is 0.0378. The molecule has 0 aromatic carbocycles. The molecule has 7 heteroatoms. The molecule has 1 amide bonds. The van der Waals surface area contributed by atoms with Crippen LogP contribution in [0.3, 0.4) is 0 Å². The van der Waals surface area contributed by atoms with Gasteiger partial charge in [0.1, 0.15) is 0 Å². The van der Waals surface area contributed by atoms with Gasteiger partial charge in [0, 0.05) is 17.5 Å². The number of aromatic nitrogens is 3. The molecule has 2 aromatic heterocycles. The molecule has 0 bridgehead atoms. The van der Waals surface area contributed by atoms with Gasteiger partial charge in [0.15, 0.2) is 5.69 Å². The van der Waals surface area contributed by atoms with Gasteiger partial charge in [-0.05, 0) is 24.3 Å². The Morgan fingerprint density at radius 2 is 2.40 bits per heavy atom. The summed E-state index contributed by atoms with van der Waals surface area (Å²) in [6.45, 7) is 1.72. The number of carbonyl (C=O) groups is 1. The number of rotatable bonds is 6. The van der Waals surface area contributed by atoms with Crippen LogP contribution in [0.2, 0.25) is 0 Å². The maximum atomic E-state index is 12.6. The zero-order valence-electron chi connectivity index (χ0n) is 11.1. The first-order valence-corrected chi connectivity index (χ1v) is 7.59. The van der Waals surface area contributed by atoms with Crippen molar-refractivity contribution in [1.29, 1.82) is 0 Å². The average Bonchev–Trinajstić information content (AvgIpc) is 2.97. The van der Waals surface area contributed by atoms with Crippen molar-refractivity contribution in [3.63, 3.8) is 0 Å². The van der Waals surface area contributed by atoms with Crippen molar-refractivity contribution in [2.24, 2.45) is 5.73 Å². The Morgan fingerprint density at radius 1 is 1.55 bits per heavy atom. The predicted molar refractivity (Wildman–Crippen MR) is 76.3 cm³/mol. The van der Waals surface area contributed by atoms with Gasteiger partial charge >= 0.3 is 0 Å². The number of nitrogens with two attached hydrogens (primary N) is 1. The molecular weight excluding hydrogens is 274 g/mol. The maximum absolute atomic E-state index is 12.6. The topological polar surface area (TPSA) is 77.0 Å². The van der Waals surface area contributed by atoms with E-state index in [1.54, 1.807) is 22.2 Å². The van der Waals surface area contributed by atoms with E-state index in [1.807, 2.05) is 16.3 Å². The number of carbonyl (C=O) groups excluding carboxylic acids is 1. The third-order valence-electron chi connectivity index (χ3n) is 3.27. The fourth-order valence-electron chi connectivity index (χ4n) is 2.11. The average molecular weight is 291 g/mol. The van der Waals surface area contributed by atoms with Crippen LogP contribution in [-0.4, -0.2) is 38.4 Å². The van der Waals surface area contributed by atoms with Gasteiger partial charge in [-0.2, -0.15) is 0 Å². The molecule has 6 nitrogen and oxygen atoms in total. The van der Waals surface area contributed by atoms with Crippen LogP contribution in [0, 0.1) is 0 Å². The van der Waals surface area contributed by atoms with Crippen LogP contribution >= 0.6 is 11.3 Å². The molecule has 2 heterocycles. The molecule has 2 aromatic rings. The Kier molecular flexibility index (Phi) is 3.79. The lowest BCUT2D eigenvalue weighted by Gasteiger charge is -2.20. The summed E-state index contributed by atoms with van der Waals surface area (Å²) in [5.74, 6) is -0.0378. The molecule has 0 atom stereocenters. The van der Waals surface area contributed by atoms with Crippen LogP contribution in [0.25, 0.3) is 0 Å². The van der Waals surface area contributed by atoms with Gasteiger partial charge in [-0.3, -0.25) is 9.48 Å². The second kappa shape index (κ2) is 5.72. The first kappa shape index (κ1) is 13.3. The summed E-state index contributed by atoms with van der Waals surface area (Å²) in [5.41, 5.74) is 5.88. The highest BCUT2D eigenvalue weighted by Crippen LogP contribution is 2.30. The van der Waals surface area contributed by atoms with Gasteiger partial charge in [-0.25, -0.2) is 0 Å². The van der Waals surface area contributed by atoms with Crippen LogP contribution in [0.1, 0.15) is 28.2 Å². The van der Waals surface area contributed by atoms with Gasteiger partial charge in [0.25, 0.3) is 5.91 Å². The number of hydrogen-bond donors (Lipinski definition) is 1. The van der Waals surface area contributed by atoms with Gasteiger partial charge in [0.2, 0.25) is 0 Å². The van der Waals surface area contributed by atoms with E-state index in [-0.39, 0.29) is 5.91 Å². The van der Waals surface area contributed by atoms with Crippen molar-refractivity contribution in [3.05, 3.63) is 34.3 Å². The lowest BCUT2D eigenvalue weighted by molar-refractivity contribution is 0.0725. The van der Waals surface area contributed by atoms with Crippen molar-refractivity contribution in [1.82, 2.24) is 19.9 Å². The Morgan fingerprint density at radius 3 is 3.05 bits per heavy atom. The Hall–Kier alpha value is -1.73. The van der Waals surface area contributed by atoms with E-state index < -0.39 is 0 Å². The molecule has 20 heavy (non-hydrogen) atoms. The van der Waals surface area contributed by atoms with E-state index in [1.165, 1.54) is 4.88 Å². The number of nitrogens with zero attached hydrogens (tertiary/aromatic N) is 4.